The van der Waals surface area contributed by atoms with Crippen molar-refractivity contribution in [2.75, 3.05) is 18.4 Å². The van der Waals surface area contributed by atoms with Gasteiger partial charge in [0.1, 0.15) is 0 Å². The van der Waals surface area contributed by atoms with E-state index in [-0.39, 0.29) is 5.91 Å². The Bertz CT molecular complexity index is 419. The minimum Gasteiger partial charge on any atom is -0.326 e. The second-order valence-corrected chi connectivity index (χ2v) is 4.87. The summed E-state index contributed by atoms with van der Waals surface area (Å²) >= 11 is 0. The molecular weight excluding hydrogens is 226 g/mol. The summed E-state index contributed by atoms with van der Waals surface area (Å²) in [5.74, 6) is 0.0460. The van der Waals surface area contributed by atoms with Crippen molar-refractivity contribution < 1.29 is 4.79 Å². The molecular formula is C14H21N3O. The predicted molar refractivity (Wildman–Crippen MR) is 73.2 cm³/mol. The summed E-state index contributed by atoms with van der Waals surface area (Å²) in [5.41, 5.74) is 7.45. The molecule has 1 fully saturated rings. The van der Waals surface area contributed by atoms with Crippen LogP contribution in [0.4, 0.5) is 5.69 Å². The van der Waals surface area contributed by atoms with E-state index in [4.69, 9.17) is 5.73 Å². The van der Waals surface area contributed by atoms with Crippen LogP contribution in [0.5, 0.6) is 0 Å². The Labute approximate surface area is 108 Å². The molecule has 0 spiro atoms. The molecule has 1 saturated heterocycles. The molecule has 0 aliphatic carbocycles. The first-order valence-electron chi connectivity index (χ1n) is 6.52. The lowest BCUT2D eigenvalue weighted by atomic mass is 10.2. The maximum Gasteiger partial charge on any atom is 0.238 e. The minimum atomic E-state index is 0.0460. The van der Waals surface area contributed by atoms with Crippen molar-refractivity contribution in [3.05, 3.63) is 29.8 Å². The molecule has 1 aromatic rings. The Balaban J connectivity index is 1.94. The average Bonchev–Trinajstić information content (AvgIpc) is 2.75. The van der Waals surface area contributed by atoms with Gasteiger partial charge in [-0.25, -0.2) is 0 Å². The largest absolute Gasteiger partial charge is 0.326 e. The maximum atomic E-state index is 12.0. The van der Waals surface area contributed by atoms with Crippen LogP contribution in [0.2, 0.25) is 0 Å². The fourth-order valence-corrected chi connectivity index (χ4v) is 2.42. The summed E-state index contributed by atoms with van der Waals surface area (Å²) in [4.78, 5) is 14.2. The number of nitrogens with zero attached hydrogens (tertiary/aromatic N) is 1. The monoisotopic (exact) mass is 247 g/mol. The van der Waals surface area contributed by atoms with E-state index in [9.17, 15) is 4.79 Å². The van der Waals surface area contributed by atoms with Gasteiger partial charge in [0.2, 0.25) is 5.91 Å². The number of carbonyl (C=O) groups excluding carboxylic acids is 1. The van der Waals surface area contributed by atoms with Gasteiger partial charge in [-0.05, 0) is 37.9 Å². The first kappa shape index (κ1) is 13.1. The molecule has 2 rings (SSSR count). The lowest BCUT2D eigenvalue weighted by Gasteiger charge is -2.20. The highest BCUT2D eigenvalue weighted by Crippen LogP contribution is 2.17. The number of rotatable bonds is 4. The lowest BCUT2D eigenvalue weighted by molar-refractivity contribution is -0.117. The van der Waals surface area contributed by atoms with Crippen molar-refractivity contribution in [2.45, 2.75) is 32.4 Å². The number of anilines is 1. The van der Waals surface area contributed by atoms with Crippen molar-refractivity contribution >= 4 is 11.6 Å². The third-order valence-electron chi connectivity index (χ3n) is 3.55. The molecule has 98 valence electrons. The third kappa shape index (κ3) is 3.09. The smallest absolute Gasteiger partial charge is 0.238 e. The Morgan fingerprint density at radius 1 is 1.50 bits per heavy atom. The summed E-state index contributed by atoms with van der Waals surface area (Å²) in [6, 6.07) is 8.19. The van der Waals surface area contributed by atoms with Gasteiger partial charge in [-0.2, -0.15) is 0 Å². The van der Waals surface area contributed by atoms with E-state index in [1.165, 1.54) is 12.8 Å². The van der Waals surface area contributed by atoms with Gasteiger partial charge < -0.3 is 11.1 Å². The minimum absolute atomic E-state index is 0.0460. The number of amides is 1. The highest BCUT2D eigenvalue weighted by molar-refractivity contribution is 5.93. The first-order chi connectivity index (χ1) is 8.70. The van der Waals surface area contributed by atoms with Crippen molar-refractivity contribution in [1.29, 1.82) is 0 Å². The highest BCUT2D eigenvalue weighted by atomic mass is 16.2. The number of para-hydroxylation sites is 1. The molecule has 0 bridgehead atoms. The molecule has 0 radical (unpaired) electrons. The Kier molecular flexibility index (Phi) is 4.33. The molecule has 1 heterocycles. The summed E-state index contributed by atoms with van der Waals surface area (Å²) in [5, 5.41) is 2.95. The van der Waals surface area contributed by atoms with Crippen LogP contribution in [0.3, 0.4) is 0 Å². The molecule has 1 unspecified atom stereocenters. The Morgan fingerprint density at radius 2 is 2.28 bits per heavy atom. The van der Waals surface area contributed by atoms with Gasteiger partial charge in [0.05, 0.1) is 6.54 Å². The Morgan fingerprint density at radius 3 is 2.94 bits per heavy atom. The van der Waals surface area contributed by atoms with Gasteiger partial charge in [-0.1, -0.05) is 18.2 Å². The normalized spacial score (nSPS) is 20.0. The summed E-state index contributed by atoms with van der Waals surface area (Å²) in [7, 11) is 0. The van der Waals surface area contributed by atoms with Crippen LogP contribution < -0.4 is 11.1 Å². The molecule has 18 heavy (non-hydrogen) atoms. The highest BCUT2D eigenvalue weighted by Gasteiger charge is 2.22. The van der Waals surface area contributed by atoms with Gasteiger partial charge in [0, 0.05) is 18.3 Å². The van der Waals surface area contributed by atoms with Crippen molar-refractivity contribution in [3.63, 3.8) is 0 Å². The molecule has 0 aromatic heterocycles. The van der Waals surface area contributed by atoms with E-state index >= 15 is 0 Å². The molecule has 1 atom stereocenters. The molecule has 3 N–H and O–H groups in total. The SMILES string of the molecule is CC1CCCN1CC(=O)Nc1ccccc1CN. The third-order valence-corrected chi connectivity index (χ3v) is 3.55. The van der Waals surface area contributed by atoms with Gasteiger partial charge in [-0.3, -0.25) is 9.69 Å². The fourth-order valence-electron chi connectivity index (χ4n) is 2.42. The van der Waals surface area contributed by atoms with Crippen molar-refractivity contribution in [3.8, 4) is 0 Å². The molecule has 1 aliphatic heterocycles. The average molecular weight is 247 g/mol. The standard InChI is InChI=1S/C14H21N3O/c1-11-5-4-8-17(11)10-14(18)16-13-7-3-2-6-12(13)9-15/h2-3,6-7,11H,4-5,8-10,15H2,1H3,(H,16,18). The van der Waals surface area contributed by atoms with Crippen LogP contribution >= 0.6 is 0 Å². The summed E-state index contributed by atoms with van der Waals surface area (Å²) in [6.07, 6.45) is 2.38. The maximum absolute atomic E-state index is 12.0. The van der Waals surface area contributed by atoms with Gasteiger partial charge in [0.15, 0.2) is 0 Å². The Hall–Kier alpha value is -1.39. The van der Waals surface area contributed by atoms with Crippen LogP contribution in [-0.2, 0) is 11.3 Å². The van der Waals surface area contributed by atoms with E-state index in [1.54, 1.807) is 0 Å². The van der Waals surface area contributed by atoms with E-state index in [0.717, 1.165) is 17.8 Å². The predicted octanol–water partition coefficient (Wildman–Crippen LogP) is 1.57. The number of hydrogen-bond donors (Lipinski definition) is 2. The number of carbonyl (C=O) groups is 1. The van der Waals surface area contributed by atoms with Gasteiger partial charge >= 0.3 is 0 Å². The van der Waals surface area contributed by atoms with Crippen LogP contribution in [0.15, 0.2) is 24.3 Å². The lowest BCUT2D eigenvalue weighted by Crippen LogP contribution is -2.35. The topological polar surface area (TPSA) is 58.4 Å². The summed E-state index contributed by atoms with van der Waals surface area (Å²) < 4.78 is 0. The van der Waals surface area contributed by atoms with E-state index in [1.807, 2.05) is 24.3 Å². The number of nitrogens with two attached hydrogens (primary N) is 1. The second-order valence-electron chi connectivity index (χ2n) is 4.87. The quantitative estimate of drug-likeness (QED) is 0.849. The van der Waals surface area contributed by atoms with Crippen LogP contribution in [0.25, 0.3) is 0 Å². The fraction of sp³-hybridized carbons (Fsp3) is 0.500. The number of likely N-dealkylation sites (tertiary alicyclic amines) is 1. The number of benzene rings is 1. The summed E-state index contributed by atoms with van der Waals surface area (Å²) in [6.45, 7) is 4.11. The molecule has 1 aliphatic rings. The zero-order valence-corrected chi connectivity index (χ0v) is 10.9. The van der Waals surface area contributed by atoms with E-state index in [2.05, 4.69) is 17.1 Å². The van der Waals surface area contributed by atoms with E-state index < -0.39 is 0 Å². The van der Waals surface area contributed by atoms with Crippen LogP contribution in [0.1, 0.15) is 25.3 Å². The molecule has 0 saturated carbocycles. The van der Waals surface area contributed by atoms with Crippen molar-refractivity contribution in [2.24, 2.45) is 5.73 Å². The molecule has 4 heteroatoms. The van der Waals surface area contributed by atoms with Gasteiger partial charge in [-0.15, -0.1) is 0 Å². The molecule has 1 aromatic carbocycles. The molecule has 1 amide bonds. The number of hydrogen-bond acceptors (Lipinski definition) is 3. The van der Waals surface area contributed by atoms with E-state index in [0.29, 0.717) is 19.1 Å². The zero-order valence-electron chi connectivity index (χ0n) is 10.9. The van der Waals surface area contributed by atoms with Crippen LogP contribution in [-0.4, -0.2) is 29.9 Å². The van der Waals surface area contributed by atoms with Gasteiger partial charge in [0.25, 0.3) is 0 Å². The molecule has 4 nitrogen and oxygen atoms in total. The number of nitrogens with one attached hydrogen (secondary N) is 1. The van der Waals surface area contributed by atoms with Crippen LogP contribution in [0, 0.1) is 0 Å². The second kappa shape index (κ2) is 5.98. The zero-order chi connectivity index (χ0) is 13.0. The first-order valence-corrected chi connectivity index (χ1v) is 6.52. The van der Waals surface area contributed by atoms with Crippen molar-refractivity contribution in [1.82, 2.24) is 4.90 Å².